The Bertz CT molecular complexity index is 772. The van der Waals surface area contributed by atoms with E-state index in [1.165, 1.54) is 17.5 Å². The summed E-state index contributed by atoms with van der Waals surface area (Å²) in [7, 11) is 0. The molecule has 3 aromatic rings. The van der Waals surface area contributed by atoms with Crippen molar-refractivity contribution in [2.75, 3.05) is 11.1 Å². The maximum atomic E-state index is 12.1. The molecular formula is C14H11N5OS. The Hall–Kier alpha value is -2.80. The molecule has 1 amide bonds. The predicted octanol–water partition coefficient (Wildman–Crippen LogP) is 2.43. The lowest BCUT2D eigenvalue weighted by Crippen LogP contribution is -2.14. The molecule has 0 saturated heterocycles. The van der Waals surface area contributed by atoms with Crippen molar-refractivity contribution < 1.29 is 4.79 Å². The molecule has 7 heteroatoms. The fourth-order valence-corrected chi connectivity index (χ4v) is 2.48. The second kappa shape index (κ2) is 5.68. The van der Waals surface area contributed by atoms with Crippen molar-refractivity contribution in [3.8, 4) is 11.3 Å². The van der Waals surface area contributed by atoms with Gasteiger partial charge < -0.3 is 5.73 Å². The minimum absolute atomic E-state index is 0.195. The smallest absolute Gasteiger partial charge is 0.261 e. The van der Waals surface area contributed by atoms with Gasteiger partial charge in [0.1, 0.15) is 5.82 Å². The summed E-state index contributed by atoms with van der Waals surface area (Å²) in [6.45, 7) is 0. The largest absolute Gasteiger partial charge is 0.383 e. The second-order valence-electron chi connectivity index (χ2n) is 4.16. The van der Waals surface area contributed by atoms with Crippen LogP contribution in [0.4, 0.5) is 10.9 Å². The maximum absolute atomic E-state index is 12.1. The highest BCUT2D eigenvalue weighted by Crippen LogP contribution is 2.24. The van der Waals surface area contributed by atoms with Crippen LogP contribution in [0.15, 0.2) is 48.2 Å². The van der Waals surface area contributed by atoms with Gasteiger partial charge in [-0.05, 0) is 24.3 Å². The van der Waals surface area contributed by atoms with Crippen molar-refractivity contribution in [2.45, 2.75) is 0 Å². The first-order valence-electron chi connectivity index (χ1n) is 6.12. The van der Waals surface area contributed by atoms with E-state index in [1.54, 1.807) is 24.5 Å². The van der Waals surface area contributed by atoms with Crippen molar-refractivity contribution in [3.63, 3.8) is 0 Å². The minimum atomic E-state index is -0.323. The van der Waals surface area contributed by atoms with Crippen molar-refractivity contribution in [1.82, 2.24) is 15.0 Å². The molecule has 3 aromatic heterocycles. The van der Waals surface area contributed by atoms with Gasteiger partial charge in [0.2, 0.25) is 0 Å². The van der Waals surface area contributed by atoms with Gasteiger partial charge in [0.25, 0.3) is 5.91 Å². The van der Waals surface area contributed by atoms with Crippen LogP contribution in [-0.2, 0) is 0 Å². The average molecular weight is 297 g/mol. The highest BCUT2D eigenvalue weighted by Gasteiger charge is 2.12. The highest BCUT2D eigenvalue weighted by atomic mass is 32.1. The molecule has 3 heterocycles. The van der Waals surface area contributed by atoms with E-state index in [4.69, 9.17) is 5.73 Å². The predicted molar refractivity (Wildman–Crippen MR) is 81.9 cm³/mol. The summed E-state index contributed by atoms with van der Waals surface area (Å²) in [5.74, 6) is -0.128. The molecule has 0 aliphatic carbocycles. The SMILES string of the molecule is Nc1ncccc1C(=O)Nc1nc(-c2ccncc2)cs1. The number of pyridine rings is 2. The van der Waals surface area contributed by atoms with Gasteiger partial charge >= 0.3 is 0 Å². The number of rotatable bonds is 3. The molecule has 0 unspecified atom stereocenters. The van der Waals surface area contributed by atoms with Crippen LogP contribution in [0.2, 0.25) is 0 Å². The number of nitrogens with zero attached hydrogens (tertiary/aromatic N) is 3. The number of nitrogen functional groups attached to an aromatic ring is 1. The normalized spacial score (nSPS) is 10.3. The topological polar surface area (TPSA) is 93.8 Å². The summed E-state index contributed by atoms with van der Waals surface area (Å²) < 4.78 is 0. The monoisotopic (exact) mass is 297 g/mol. The lowest BCUT2D eigenvalue weighted by atomic mass is 10.2. The first-order chi connectivity index (χ1) is 10.2. The van der Waals surface area contributed by atoms with E-state index in [2.05, 4.69) is 20.3 Å². The summed E-state index contributed by atoms with van der Waals surface area (Å²) in [6.07, 6.45) is 4.93. The molecule has 0 atom stereocenters. The van der Waals surface area contributed by atoms with Crippen molar-refractivity contribution in [3.05, 3.63) is 53.8 Å². The Morgan fingerprint density at radius 3 is 2.76 bits per heavy atom. The Morgan fingerprint density at radius 2 is 2.00 bits per heavy atom. The first-order valence-corrected chi connectivity index (χ1v) is 7.00. The molecule has 21 heavy (non-hydrogen) atoms. The number of aromatic nitrogens is 3. The van der Waals surface area contributed by atoms with E-state index in [-0.39, 0.29) is 11.7 Å². The number of carbonyl (C=O) groups excluding carboxylic acids is 1. The zero-order valence-corrected chi connectivity index (χ0v) is 11.7. The molecule has 0 radical (unpaired) electrons. The van der Waals surface area contributed by atoms with Gasteiger partial charge in [-0.15, -0.1) is 11.3 Å². The van der Waals surface area contributed by atoms with Crippen LogP contribution in [-0.4, -0.2) is 20.9 Å². The quantitative estimate of drug-likeness (QED) is 0.774. The van der Waals surface area contributed by atoms with Gasteiger partial charge in [-0.25, -0.2) is 9.97 Å². The Balaban J connectivity index is 1.79. The van der Waals surface area contributed by atoms with Crippen molar-refractivity contribution in [2.24, 2.45) is 0 Å². The third-order valence-corrected chi connectivity index (χ3v) is 3.54. The van der Waals surface area contributed by atoms with Crippen LogP contribution >= 0.6 is 11.3 Å². The van der Waals surface area contributed by atoms with Crippen LogP contribution < -0.4 is 11.1 Å². The summed E-state index contributed by atoms with van der Waals surface area (Å²) in [5, 5.41) is 5.10. The fraction of sp³-hybridized carbons (Fsp3) is 0. The molecule has 0 aliphatic rings. The van der Waals surface area contributed by atoms with Gasteiger partial charge in [0.05, 0.1) is 11.3 Å². The zero-order valence-electron chi connectivity index (χ0n) is 10.9. The first kappa shape index (κ1) is 13.2. The van der Waals surface area contributed by atoms with Crippen LogP contribution in [0.1, 0.15) is 10.4 Å². The molecular weight excluding hydrogens is 286 g/mol. The van der Waals surface area contributed by atoms with Crippen molar-refractivity contribution >= 4 is 28.2 Å². The lowest BCUT2D eigenvalue weighted by molar-refractivity contribution is 0.102. The van der Waals surface area contributed by atoms with E-state index in [0.29, 0.717) is 10.7 Å². The number of amides is 1. The van der Waals surface area contributed by atoms with E-state index in [0.717, 1.165) is 11.3 Å². The van der Waals surface area contributed by atoms with Gasteiger partial charge in [-0.3, -0.25) is 15.1 Å². The Kier molecular flexibility index (Phi) is 3.57. The molecule has 0 aromatic carbocycles. The fourth-order valence-electron chi connectivity index (χ4n) is 1.76. The molecule has 0 bridgehead atoms. The van der Waals surface area contributed by atoms with Crippen LogP contribution in [0, 0.1) is 0 Å². The van der Waals surface area contributed by atoms with Gasteiger partial charge in [0, 0.05) is 29.5 Å². The summed E-state index contributed by atoms with van der Waals surface area (Å²) in [6, 6.07) is 7.00. The van der Waals surface area contributed by atoms with E-state index in [9.17, 15) is 4.79 Å². The molecule has 0 saturated carbocycles. The Morgan fingerprint density at radius 1 is 1.19 bits per heavy atom. The molecule has 6 nitrogen and oxygen atoms in total. The van der Waals surface area contributed by atoms with E-state index < -0.39 is 0 Å². The van der Waals surface area contributed by atoms with Crippen molar-refractivity contribution in [1.29, 1.82) is 0 Å². The lowest BCUT2D eigenvalue weighted by Gasteiger charge is -2.03. The molecule has 0 aliphatic heterocycles. The number of nitrogens with one attached hydrogen (secondary N) is 1. The highest BCUT2D eigenvalue weighted by molar-refractivity contribution is 7.14. The van der Waals surface area contributed by atoms with Crippen LogP contribution in [0.5, 0.6) is 0 Å². The minimum Gasteiger partial charge on any atom is -0.383 e. The summed E-state index contributed by atoms with van der Waals surface area (Å²) in [4.78, 5) is 24.3. The molecule has 3 rings (SSSR count). The Labute approximate surface area is 124 Å². The third-order valence-electron chi connectivity index (χ3n) is 2.78. The number of hydrogen-bond donors (Lipinski definition) is 2. The number of hydrogen-bond acceptors (Lipinski definition) is 6. The standard InChI is InChI=1S/C14H11N5OS/c15-12-10(2-1-5-17-12)13(20)19-14-18-11(8-21-14)9-3-6-16-7-4-9/h1-8H,(H2,15,17)(H,18,19,20). The molecule has 104 valence electrons. The average Bonchev–Trinajstić information content (AvgIpc) is 2.97. The number of anilines is 2. The number of nitrogens with two attached hydrogens (primary N) is 1. The number of carbonyl (C=O) groups is 1. The second-order valence-corrected chi connectivity index (χ2v) is 5.02. The number of thiazole rings is 1. The zero-order chi connectivity index (χ0) is 14.7. The third kappa shape index (κ3) is 2.87. The summed E-state index contributed by atoms with van der Waals surface area (Å²) >= 11 is 1.35. The molecule has 0 spiro atoms. The van der Waals surface area contributed by atoms with Gasteiger partial charge in [-0.1, -0.05) is 0 Å². The van der Waals surface area contributed by atoms with Gasteiger partial charge in [0.15, 0.2) is 5.13 Å². The van der Waals surface area contributed by atoms with Gasteiger partial charge in [-0.2, -0.15) is 0 Å². The van der Waals surface area contributed by atoms with E-state index in [1.807, 2.05) is 17.5 Å². The maximum Gasteiger partial charge on any atom is 0.261 e. The summed E-state index contributed by atoms with van der Waals surface area (Å²) in [5.41, 5.74) is 7.74. The van der Waals surface area contributed by atoms with Crippen LogP contribution in [0.3, 0.4) is 0 Å². The van der Waals surface area contributed by atoms with Crippen LogP contribution in [0.25, 0.3) is 11.3 Å². The molecule has 3 N–H and O–H groups in total. The molecule has 0 fully saturated rings. The van der Waals surface area contributed by atoms with E-state index >= 15 is 0 Å².